The molecule has 0 aliphatic carbocycles. The number of halogens is 1. The average molecular weight is 262 g/mol. The van der Waals surface area contributed by atoms with Crippen molar-refractivity contribution in [3.8, 4) is 0 Å². The second-order valence-electron chi connectivity index (χ2n) is 3.53. The van der Waals surface area contributed by atoms with Crippen LogP contribution >= 0.6 is 11.6 Å². The van der Waals surface area contributed by atoms with E-state index in [9.17, 15) is 8.42 Å². The van der Waals surface area contributed by atoms with Gasteiger partial charge < -0.3 is 0 Å². The molecular weight excluding hydrogens is 250 g/mol. The van der Waals surface area contributed by atoms with Crippen LogP contribution in [0.15, 0.2) is 29.2 Å². The Morgan fingerprint density at radius 2 is 2.12 bits per heavy atom. The summed E-state index contributed by atoms with van der Waals surface area (Å²) in [7, 11) is -3.56. The minimum absolute atomic E-state index is 0.168. The SMILES string of the molecule is O=S(=O)(c1cccc(Cl)c1)N1CCCCO1. The number of hydrogen-bond acceptors (Lipinski definition) is 3. The Balaban J connectivity index is 2.30. The standard InChI is InChI=1S/C10H12ClNO3S/c11-9-4-3-5-10(8-9)16(13,14)12-6-1-2-7-15-12/h3-5,8H,1-2,6-7H2. The molecule has 0 saturated carbocycles. The zero-order valence-electron chi connectivity index (χ0n) is 8.60. The molecule has 1 heterocycles. The molecule has 16 heavy (non-hydrogen) atoms. The van der Waals surface area contributed by atoms with Crippen molar-refractivity contribution in [3.05, 3.63) is 29.3 Å². The minimum atomic E-state index is -3.56. The molecule has 1 saturated heterocycles. The van der Waals surface area contributed by atoms with Crippen molar-refractivity contribution in [2.75, 3.05) is 13.2 Å². The van der Waals surface area contributed by atoms with Crippen LogP contribution in [0.3, 0.4) is 0 Å². The first-order valence-electron chi connectivity index (χ1n) is 5.02. The van der Waals surface area contributed by atoms with Crippen molar-refractivity contribution in [3.63, 3.8) is 0 Å². The molecule has 1 aromatic carbocycles. The van der Waals surface area contributed by atoms with Crippen molar-refractivity contribution in [2.45, 2.75) is 17.7 Å². The molecule has 1 aromatic rings. The maximum Gasteiger partial charge on any atom is 0.265 e. The Morgan fingerprint density at radius 3 is 2.75 bits per heavy atom. The van der Waals surface area contributed by atoms with E-state index in [1.165, 1.54) is 12.1 Å². The van der Waals surface area contributed by atoms with Crippen LogP contribution < -0.4 is 0 Å². The van der Waals surface area contributed by atoms with Crippen LogP contribution in [0.25, 0.3) is 0 Å². The maximum absolute atomic E-state index is 12.1. The molecule has 1 fully saturated rings. The summed E-state index contributed by atoms with van der Waals surface area (Å²) in [6, 6.07) is 6.19. The van der Waals surface area contributed by atoms with Gasteiger partial charge in [-0.2, -0.15) is 0 Å². The number of hydrogen-bond donors (Lipinski definition) is 0. The Labute approximate surface area is 99.8 Å². The summed E-state index contributed by atoms with van der Waals surface area (Å²) in [5.74, 6) is 0. The van der Waals surface area contributed by atoms with Crippen molar-refractivity contribution in [1.82, 2.24) is 4.47 Å². The fraction of sp³-hybridized carbons (Fsp3) is 0.400. The predicted octanol–water partition coefficient (Wildman–Crippen LogP) is 2.06. The van der Waals surface area contributed by atoms with Gasteiger partial charge in [0.15, 0.2) is 0 Å². The monoisotopic (exact) mass is 261 g/mol. The van der Waals surface area contributed by atoms with E-state index in [2.05, 4.69) is 0 Å². The largest absolute Gasteiger partial charge is 0.284 e. The lowest BCUT2D eigenvalue weighted by molar-refractivity contribution is -0.108. The Kier molecular flexibility index (Phi) is 3.49. The predicted molar refractivity (Wildman–Crippen MR) is 60.5 cm³/mol. The van der Waals surface area contributed by atoms with Gasteiger partial charge >= 0.3 is 0 Å². The van der Waals surface area contributed by atoms with E-state index in [1.807, 2.05) is 0 Å². The molecule has 0 radical (unpaired) electrons. The molecule has 1 aliphatic heterocycles. The lowest BCUT2D eigenvalue weighted by Crippen LogP contribution is -2.35. The number of benzene rings is 1. The average Bonchev–Trinajstić information content (AvgIpc) is 2.30. The van der Waals surface area contributed by atoms with Crippen LogP contribution in [0.5, 0.6) is 0 Å². The van der Waals surface area contributed by atoms with Gasteiger partial charge in [-0.3, -0.25) is 4.84 Å². The van der Waals surface area contributed by atoms with E-state index in [0.717, 1.165) is 17.3 Å². The highest BCUT2D eigenvalue weighted by Crippen LogP contribution is 2.21. The Bertz CT molecular complexity index is 469. The number of sulfonamides is 1. The van der Waals surface area contributed by atoms with E-state index in [1.54, 1.807) is 12.1 Å². The minimum Gasteiger partial charge on any atom is -0.284 e. The first-order valence-corrected chi connectivity index (χ1v) is 6.84. The molecule has 4 nitrogen and oxygen atoms in total. The molecule has 88 valence electrons. The van der Waals surface area contributed by atoms with Gasteiger partial charge in [-0.15, -0.1) is 0 Å². The first kappa shape index (κ1) is 11.9. The molecule has 6 heteroatoms. The third-order valence-corrected chi connectivity index (χ3v) is 4.24. The number of nitrogens with zero attached hydrogens (tertiary/aromatic N) is 1. The molecule has 0 atom stereocenters. The molecule has 0 amide bonds. The van der Waals surface area contributed by atoms with Crippen molar-refractivity contribution < 1.29 is 13.3 Å². The van der Waals surface area contributed by atoms with Gasteiger partial charge in [0.2, 0.25) is 0 Å². The van der Waals surface area contributed by atoms with Crippen LogP contribution in [-0.2, 0) is 14.9 Å². The Morgan fingerprint density at radius 1 is 1.31 bits per heavy atom. The van der Waals surface area contributed by atoms with E-state index in [0.29, 0.717) is 18.2 Å². The fourth-order valence-corrected chi connectivity index (χ4v) is 3.11. The van der Waals surface area contributed by atoms with Crippen molar-refractivity contribution in [2.24, 2.45) is 0 Å². The van der Waals surface area contributed by atoms with Crippen LogP contribution in [0, 0.1) is 0 Å². The van der Waals surface area contributed by atoms with Gasteiger partial charge in [-0.05, 0) is 31.0 Å². The molecule has 0 aromatic heterocycles. The summed E-state index contributed by atoms with van der Waals surface area (Å²) in [4.78, 5) is 5.31. The molecule has 1 aliphatic rings. The first-order chi connectivity index (χ1) is 7.60. The highest BCUT2D eigenvalue weighted by molar-refractivity contribution is 7.89. The molecule has 0 spiro atoms. The highest BCUT2D eigenvalue weighted by atomic mass is 35.5. The van der Waals surface area contributed by atoms with Gasteiger partial charge in [-0.25, -0.2) is 8.42 Å². The third-order valence-electron chi connectivity index (χ3n) is 2.33. The summed E-state index contributed by atoms with van der Waals surface area (Å²) in [5, 5.41) is 0.401. The molecule has 0 unspecified atom stereocenters. The quantitative estimate of drug-likeness (QED) is 0.819. The summed E-state index contributed by atoms with van der Waals surface area (Å²) < 4.78 is 25.2. The molecule has 0 bridgehead atoms. The van der Waals surface area contributed by atoms with Crippen LogP contribution in [0.1, 0.15) is 12.8 Å². The summed E-state index contributed by atoms with van der Waals surface area (Å²) in [6.45, 7) is 0.842. The van der Waals surface area contributed by atoms with Gasteiger partial charge in [0.05, 0.1) is 11.5 Å². The lowest BCUT2D eigenvalue weighted by atomic mass is 10.3. The fourth-order valence-electron chi connectivity index (χ4n) is 1.51. The van der Waals surface area contributed by atoms with Gasteiger partial charge in [0.25, 0.3) is 10.0 Å². The molecule has 0 N–H and O–H groups in total. The zero-order valence-corrected chi connectivity index (χ0v) is 10.2. The lowest BCUT2D eigenvalue weighted by Gasteiger charge is -2.25. The molecular formula is C10H12ClNO3S. The van der Waals surface area contributed by atoms with E-state index in [-0.39, 0.29) is 4.90 Å². The summed E-state index contributed by atoms with van der Waals surface area (Å²) >= 11 is 5.77. The van der Waals surface area contributed by atoms with Crippen molar-refractivity contribution >= 4 is 21.6 Å². The smallest absolute Gasteiger partial charge is 0.265 e. The second kappa shape index (κ2) is 4.71. The van der Waals surface area contributed by atoms with E-state index in [4.69, 9.17) is 16.4 Å². The maximum atomic E-state index is 12.1. The van der Waals surface area contributed by atoms with Crippen LogP contribution in [-0.4, -0.2) is 26.0 Å². The summed E-state index contributed by atoms with van der Waals surface area (Å²) in [6.07, 6.45) is 1.71. The van der Waals surface area contributed by atoms with Gasteiger partial charge in [0.1, 0.15) is 0 Å². The van der Waals surface area contributed by atoms with Crippen LogP contribution in [0.4, 0.5) is 0 Å². The number of hydroxylamine groups is 1. The zero-order chi connectivity index (χ0) is 11.6. The Hall–Kier alpha value is -0.620. The van der Waals surface area contributed by atoms with Crippen LogP contribution in [0.2, 0.25) is 5.02 Å². The van der Waals surface area contributed by atoms with E-state index < -0.39 is 10.0 Å². The molecule has 2 rings (SSSR count). The van der Waals surface area contributed by atoms with Gasteiger partial charge in [-0.1, -0.05) is 22.1 Å². The second-order valence-corrected chi connectivity index (χ2v) is 5.79. The highest BCUT2D eigenvalue weighted by Gasteiger charge is 2.27. The van der Waals surface area contributed by atoms with E-state index >= 15 is 0 Å². The summed E-state index contributed by atoms with van der Waals surface area (Å²) in [5.41, 5.74) is 0. The van der Waals surface area contributed by atoms with Crippen molar-refractivity contribution in [1.29, 1.82) is 0 Å². The third kappa shape index (κ3) is 2.38. The normalized spacial score (nSPS) is 18.6. The topological polar surface area (TPSA) is 46.6 Å². The number of rotatable bonds is 2. The van der Waals surface area contributed by atoms with Gasteiger partial charge in [0, 0.05) is 11.6 Å².